The van der Waals surface area contributed by atoms with Crippen molar-refractivity contribution in [1.29, 1.82) is 0 Å². The maximum Gasteiger partial charge on any atom is 0.330 e. The fraction of sp³-hybridized carbons (Fsp3) is 0.308. The number of carbonyl (C=O) groups excluding carboxylic acids is 3. The van der Waals surface area contributed by atoms with Crippen LogP contribution < -0.4 is 0 Å². The minimum absolute atomic E-state index is 0.0697. The van der Waals surface area contributed by atoms with E-state index in [0.29, 0.717) is 0 Å². The van der Waals surface area contributed by atoms with Gasteiger partial charge in [-0.2, -0.15) is 0 Å². The van der Waals surface area contributed by atoms with Gasteiger partial charge in [0.15, 0.2) is 0 Å². The lowest BCUT2D eigenvalue weighted by atomic mass is 10.2. The van der Waals surface area contributed by atoms with Crippen LogP contribution in [0.4, 0.5) is 0 Å². The van der Waals surface area contributed by atoms with Crippen LogP contribution in [0.3, 0.4) is 0 Å². The minimum Gasteiger partial charge on any atom is -0.462 e. The molecule has 0 atom stereocenters. The maximum atomic E-state index is 10.9. The lowest BCUT2D eigenvalue weighted by Gasteiger charge is -2.15. The number of esters is 3. The molecule has 0 aromatic heterocycles. The quantitative estimate of drug-likeness (QED) is 0.349. The van der Waals surface area contributed by atoms with Gasteiger partial charge in [0, 0.05) is 18.2 Å². The van der Waals surface area contributed by atoms with Gasteiger partial charge in [0.1, 0.15) is 19.8 Å². The second kappa shape index (κ2) is 9.64. The van der Waals surface area contributed by atoms with E-state index in [1.165, 1.54) is 0 Å². The molecule has 0 aliphatic rings. The Kier molecular flexibility index (Phi) is 8.44. The molecule has 6 heteroatoms. The van der Waals surface area contributed by atoms with E-state index >= 15 is 0 Å². The molecule has 0 bridgehead atoms. The smallest absolute Gasteiger partial charge is 0.330 e. The predicted molar refractivity (Wildman–Crippen MR) is 67.0 cm³/mol. The van der Waals surface area contributed by atoms with Crippen molar-refractivity contribution >= 4 is 17.9 Å². The molecule has 0 aromatic carbocycles. The highest BCUT2D eigenvalue weighted by Crippen LogP contribution is 2.02. The Morgan fingerprint density at radius 2 is 1.00 bits per heavy atom. The zero-order valence-corrected chi connectivity index (χ0v) is 10.5. The third kappa shape index (κ3) is 8.37. The van der Waals surface area contributed by atoms with Crippen LogP contribution in [0.5, 0.6) is 0 Å². The van der Waals surface area contributed by atoms with Crippen LogP contribution in [-0.2, 0) is 28.6 Å². The van der Waals surface area contributed by atoms with Gasteiger partial charge >= 0.3 is 17.9 Å². The predicted octanol–water partition coefficient (Wildman–Crippen LogP) is 0.790. The molecule has 0 fully saturated rings. The SMILES string of the molecule is C=CC(=O)OCC(COC(=O)C=C)COC(=O)C=C. The summed E-state index contributed by atoms with van der Waals surface area (Å²) in [6.45, 7) is 9.52. The summed E-state index contributed by atoms with van der Waals surface area (Å²) in [5.74, 6) is -2.32. The molecular weight excluding hydrogens is 252 g/mol. The molecule has 19 heavy (non-hydrogen) atoms. The molecule has 104 valence electrons. The summed E-state index contributed by atoms with van der Waals surface area (Å²) < 4.78 is 14.4. The molecule has 0 N–H and O–H groups in total. The van der Waals surface area contributed by atoms with E-state index < -0.39 is 23.8 Å². The molecule has 0 aliphatic heterocycles. The summed E-state index contributed by atoms with van der Waals surface area (Å²) in [5.41, 5.74) is 0. The molecule has 0 saturated carbocycles. The number of ether oxygens (including phenoxy) is 3. The third-order valence-electron chi connectivity index (χ3n) is 1.88. The largest absolute Gasteiger partial charge is 0.462 e. The van der Waals surface area contributed by atoms with Gasteiger partial charge in [-0.25, -0.2) is 14.4 Å². The standard InChI is InChI=1S/C13H16O6/c1-4-11(14)17-7-10(8-18-12(15)5-2)9-19-13(16)6-3/h4-6,10H,1-3,7-9H2. The average molecular weight is 268 g/mol. The summed E-state index contributed by atoms with van der Waals surface area (Å²) >= 11 is 0. The lowest BCUT2D eigenvalue weighted by Crippen LogP contribution is -2.25. The number of hydrogen-bond donors (Lipinski definition) is 0. The summed E-state index contributed by atoms with van der Waals surface area (Å²) in [4.78, 5) is 32.8. The van der Waals surface area contributed by atoms with E-state index in [1.54, 1.807) is 0 Å². The number of hydrogen-bond acceptors (Lipinski definition) is 6. The molecule has 0 heterocycles. The molecule has 0 aliphatic carbocycles. The normalized spacial score (nSPS) is 9.32. The molecule has 0 rings (SSSR count). The van der Waals surface area contributed by atoms with Crippen molar-refractivity contribution in [2.45, 2.75) is 0 Å². The topological polar surface area (TPSA) is 78.9 Å². The minimum atomic E-state index is -0.616. The van der Waals surface area contributed by atoms with Crippen LogP contribution >= 0.6 is 0 Å². The first-order chi connectivity index (χ1) is 9.03. The van der Waals surface area contributed by atoms with Gasteiger partial charge in [-0.3, -0.25) is 0 Å². The van der Waals surface area contributed by atoms with Crippen LogP contribution in [0, 0.1) is 5.92 Å². The van der Waals surface area contributed by atoms with Crippen LogP contribution in [-0.4, -0.2) is 37.7 Å². The molecule has 0 unspecified atom stereocenters. The monoisotopic (exact) mass is 268 g/mol. The lowest BCUT2D eigenvalue weighted by molar-refractivity contribution is -0.147. The van der Waals surface area contributed by atoms with Crippen molar-refractivity contribution in [2.75, 3.05) is 19.8 Å². The average Bonchev–Trinajstić information content (AvgIpc) is 2.44. The zero-order valence-electron chi connectivity index (χ0n) is 10.5. The van der Waals surface area contributed by atoms with Crippen LogP contribution in [0.1, 0.15) is 0 Å². The summed E-state index contributed by atoms with van der Waals surface area (Å²) in [7, 11) is 0. The van der Waals surface area contributed by atoms with E-state index in [0.717, 1.165) is 18.2 Å². The van der Waals surface area contributed by atoms with Crippen molar-refractivity contribution in [3.8, 4) is 0 Å². The molecule has 0 aromatic rings. The van der Waals surface area contributed by atoms with E-state index in [4.69, 9.17) is 14.2 Å². The number of carbonyl (C=O) groups is 3. The molecule has 0 spiro atoms. The highest BCUT2D eigenvalue weighted by molar-refractivity contribution is 5.82. The number of rotatable bonds is 9. The molecule has 0 saturated heterocycles. The summed E-state index contributed by atoms with van der Waals surface area (Å²) in [6.07, 6.45) is 3.01. The molecule has 6 nitrogen and oxygen atoms in total. The second-order valence-corrected chi connectivity index (χ2v) is 3.37. The van der Waals surface area contributed by atoms with Gasteiger partial charge in [0.25, 0.3) is 0 Å². The fourth-order valence-corrected chi connectivity index (χ4v) is 0.921. The van der Waals surface area contributed by atoms with Crippen molar-refractivity contribution in [3.05, 3.63) is 38.0 Å². The Balaban J connectivity index is 4.27. The van der Waals surface area contributed by atoms with E-state index in [-0.39, 0.29) is 19.8 Å². The van der Waals surface area contributed by atoms with Crippen LogP contribution in [0.2, 0.25) is 0 Å². The summed E-state index contributed by atoms with van der Waals surface area (Å²) in [6, 6.07) is 0. The van der Waals surface area contributed by atoms with Gasteiger partial charge < -0.3 is 14.2 Å². The molecule has 0 radical (unpaired) electrons. The third-order valence-corrected chi connectivity index (χ3v) is 1.88. The molecule has 0 amide bonds. The van der Waals surface area contributed by atoms with Crippen LogP contribution in [0.25, 0.3) is 0 Å². The second-order valence-electron chi connectivity index (χ2n) is 3.37. The first-order valence-electron chi connectivity index (χ1n) is 5.41. The maximum absolute atomic E-state index is 10.9. The Morgan fingerprint density at radius 1 is 0.737 bits per heavy atom. The summed E-state index contributed by atoms with van der Waals surface area (Å²) in [5, 5.41) is 0. The Bertz CT molecular complexity index is 314. The van der Waals surface area contributed by atoms with E-state index in [1.807, 2.05) is 0 Å². The Morgan fingerprint density at radius 3 is 1.21 bits per heavy atom. The highest BCUT2D eigenvalue weighted by atomic mass is 16.6. The van der Waals surface area contributed by atoms with Crippen molar-refractivity contribution in [2.24, 2.45) is 5.92 Å². The highest BCUT2D eigenvalue weighted by Gasteiger charge is 2.15. The van der Waals surface area contributed by atoms with Crippen molar-refractivity contribution < 1.29 is 28.6 Å². The van der Waals surface area contributed by atoms with E-state index in [2.05, 4.69) is 19.7 Å². The van der Waals surface area contributed by atoms with Crippen molar-refractivity contribution in [1.82, 2.24) is 0 Å². The van der Waals surface area contributed by atoms with Crippen molar-refractivity contribution in [3.63, 3.8) is 0 Å². The Hall–Kier alpha value is -2.37. The fourth-order valence-electron chi connectivity index (χ4n) is 0.921. The van der Waals surface area contributed by atoms with Gasteiger partial charge in [0.05, 0.1) is 5.92 Å². The Labute approximate surface area is 111 Å². The first kappa shape index (κ1) is 16.6. The molecular formula is C13H16O6. The van der Waals surface area contributed by atoms with Gasteiger partial charge in [-0.05, 0) is 0 Å². The van der Waals surface area contributed by atoms with Gasteiger partial charge in [0.2, 0.25) is 0 Å². The van der Waals surface area contributed by atoms with Gasteiger partial charge in [-0.1, -0.05) is 19.7 Å². The van der Waals surface area contributed by atoms with Crippen LogP contribution in [0.15, 0.2) is 38.0 Å². The van der Waals surface area contributed by atoms with Gasteiger partial charge in [-0.15, -0.1) is 0 Å². The van der Waals surface area contributed by atoms with E-state index in [9.17, 15) is 14.4 Å². The zero-order chi connectivity index (χ0) is 14.7. The first-order valence-corrected chi connectivity index (χ1v) is 5.41.